The number of nitrogens with one attached hydrogen (secondary N) is 1. The van der Waals surface area contributed by atoms with E-state index in [0.717, 1.165) is 22.4 Å². The van der Waals surface area contributed by atoms with Crippen LogP contribution in [0.5, 0.6) is 0 Å². The summed E-state index contributed by atoms with van der Waals surface area (Å²) in [6.07, 6.45) is 0.550. The van der Waals surface area contributed by atoms with Crippen molar-refractivity contribution in [1.82, 2.24) is 0 Å². The Bertz CT molecular complexity index is 543. The molecule has 0 heterocycles. The van der Waals surface area contributed by atoms with E-state index < -0.39 is 0 Å². The molecule has 0 unspecified atom stereocenters. The SMILES string of the molecule is CCC(=O)c1ccc(-c2cccc(NC)c2)cc1. The maximum Gasteiger partial charge on any atom is 0.162 e. The van der Waals surface area contributed by atoms with Gasteiger partial charge in [-0.2, -0.15) is 0 Å². The highest BCUT2D eigenvalue weighted by atomic mass is 16.1. The maximum atomic E-state index is 11.6. The van der Waals surface area contributed by atoms with E-state index in [1.54, 1.807) is 0 Å². The van der Waals surface area contributed by atoms with Gasteiger partial charge in [-0.05, 0) is 23.3 Å². The number of ketones is 1. The molecule has 0 bridgehead atoms. The van der Waals surface area contributed by atoms with Gasteiger partial charge in [0.15, 0.2) is 5.78 Å². The molecule has 92 valence electrons. The fourth-order valence-electron chi connectivity index (χ4n) is 1.91. The van der Waals surface area contributed by atoms with Gasteiger partial charge in [0.1, 0.15) is 0 Å². The second kappa shape index (κ2) is 5.50. The Morgan fingerprint density at radius 3 is 2.39 bits per heavy atom. The van der Waals surface area contributed by atoms with Crippen molar-refractivity contribution in [2.24, 2.45) is 0 Å². The van der Waals surface area contributed by atoms with Gasteiger partial charge in [-0.1, -0.05) is 43.3 Å². The van der Waals surface area contributed by atoms with Crippen LogP contribution < -0.4 is 5.32 Å². The molecule has 0 radical (unpaired) electrons. The molecule has 0 amide bonds. The highest BCUT2D eigenvalue weighted by Crippen LogP contribution is 2.23. The summed E-state index contributed by atoms with van der Waals surface area (Å²) in [5.41, 5.74) is 4.14. The lowest BCUT2D eigenvalue weighted by Gasteiger charge is -2.06. The van der Waals surface area contributed by atoms with Crippen LogP contribution in [0.4, 0.5) is 5.69 Å². The molecule has 2 aromatic carbocycles. The van der Waals surface area contributed by atoms with Gasteiger partial charge in [0.25, 0.3) is 0 Å². The van der Waals surface area contributed by atoms with E-state index in [1.807, 2.05) is 50.4 Å². The van der Waals surface area contributed by atoms with Crippen LogP contribution in [0, 0.1) is 0 Å². The molecule has 0 fully saturated rings. The second-order valence-corrected chi connectivity index (χ2v) is 4.18. The monoisotopic (exact) mass is 239 g/mol. The Morgan fingerprint density at radius 2 is 1.78 bits per heavy atom. The number of rotatable bonds is 4. The molecule has 0 aromatic heterocycles. The standard InChI is InChI=1S/C16H17NO/c1-3-16(18)13-9-7-12(8-10-13)14-5-4-6-15(11-14)17-2/h4-11,17H,3H2,1-2H3. The lowest BCUT2D eigenvalue weighted by molar-refractivity contribution is 0.0988. The maximum absolute atomic E-state index is 11.6. The predicted molar refractivity (Wildman–Crippen MR) is 76.0 cm³/mol. The summed E-state index contributed by atoms with van der Waals surface area (Å²) in [5, 5.41) is 3.12. The minimum absolute atomic E-state index is 0.186. The van der Waals surface area contributed by atoms with Gasteiger partial charge in [0.2, 0.25) is 0 Å². The Hall–Kier alpha value is -2.09. The number of hydrogen-bond donors (Lipinski definition) is 1. The normalized spacial score (nSPS) is 10.1. The zero-order valence-corrected chi connectivity index (χ0v) is 10.7. The molecule has 0 aliphatic heterocycles. The first-order valence-corrected chi connectivity index (χ1v) is 6.16. The summed E-state index contributed by atoms with van der Waals surface area (Å²) in [4.78, 5) is 11.6. The average molecular weight is 239 g/mol. The van der Waals surface area contributed by atoms with E-state index >= 15 is 0 Å². The molecule has 0 atom stereocenters. The first-order valence-electron chi connectivity index (χ1n) is 6.16. The number of carbonyl (C=O) groups excluding carboxylic acids is 1. The van der Waals surface area contributed by atoms with Crippen molar-refractivity contribution in [2.45, 2.75) is 13.3 Å². The molecule has 0 aliphatic rings. The number of anilines is 1. The van der Waals surface area contributed by atoms with Crippen molar-refractivity contribution in [3.8, 4) is 11.1 Å². The van der Waals surface area contributed by atoms with Gasteiger partial charge >= 0.3 is 0 Å². The minimum Gasteiger partial charge on any atom is -0.388 e. The molecule has 0 spiro atoms. The van der Waals surface area contributed by atoms with E-state index in [0.29, 0.717) is 6.42 Å². The van der Waals surface area contributed by atoms with Crippen LogP contribution in [0.2, 0.25) is 0 Å². The van der Waals surface area contributed by atoms with Crippen molar-refractivity contribution < 1.29 is 4.79 Å². The fraction of sp³-hybridized carbons (Fsp3) is 0.188. The Morgan fingerprint density at radius 1 is 1.06 bits per heavy atom. The van der Waals surface area contributed by atoms with Gasteiger partial charge in [-0.3, -0.25) is 4.79 Å². The van der Waals surface area contributed by atoms with Gasteiger partial charge in [-0.15, -0.1) is 0 Å². The van der Waals surface area contributed by atoms with Gasteiger partial charge in [-0.25, -0.2) is 0 Å². The first-order chi connectivity index (χ1) is 8.74. The summed E-state index contributed by atoms with van der Waals surface area (Å²) in [6, 6.07) is 16.0. The fourth-order valence-corrected chi connectivity index (χ4v) is 1.91. The molecular weight excluding hydrogens is 222 g/mol. The zero-order chi connectivity index (χ0) is 13.0. The third-order valence-electron chi connectivity index (χ3n) is 3.01. The molecule has 2 heteroatoms. The largest absolute Gasteiger partial charge is 0.388 e. The molecule has 18 heavy (non-hydrogen) atoms. The first kappa shape index (κ1) is 12.4. The molecule has 0 saturated carbocycles. The summed E-state index contributed by atoms with van der Waals surface area (Å²) in [6.45, 7) is 1.88. The van der Waals surface area contributed by atoms with Gasteiger partial charge in [0.05, 0.1) is 0 Å². The highest BCUT2D eigenvalue weighted by Gasteiger charge is 2.03. The summed E-state index contributed by atoms with van der Waals surface area (Å²) < 4.78 is 0. The second-order valence-electron chi connectivity index (χ2n) is 4.18. The van der Waals surface area contributed by atoms with Crippen LogP contribution >= 0.6 is 0 Å². The van der Waals surface area contributed by atoms with Crippen LogP contribution in [0.1, 0.15) is 23.7 Å². The van der Waals surface area contributed by atoms with Crippen molar-refractivity contribution in [1.29, 1.82) is 0 Å². The van der Waals surface area contributed by atoms with Gasteiger partial charge < -0.3 is 5.32 Å². The Labute approximate surface area is 108 Å². The van der Waals surface area contributed by atoms with Gasteiger partial charge in [0, 0.05) is 24.7 Å². The van der Waals surface area contributed by atoms with E-state index in [-0.39, 0.29) is 5.78 Å². The lowest BCUT2D eigenvalue weighted by Crippen LogP contribution is -1.95. The number of Topliss-reactive ketones (excluding diaryl/α,β-unsaturated/α-hetero) is 1. The molecule has 0 saturated heterocycles. The molecule has 2 rings (SSSR count). The zero-order valence-electron chi connectivity index (χ0n) is 10.7. The van der Waals surface area contributed by atoms with E-state index in [4.69, 9.17) is 0 Å². The van der Waals surface area contributed by atoms with Crippen molar-refractivity contribution >= 4 is 11.5 Å². The molecular formula is C16H17NO. The number of hydrogen-bond acceptors (Lipinski definition) is 2. The lowest BCUT2D eigenvalue weighted by atomic mass is 10.0. The summed E-state index contributed by atoms with van der Waals surface area (Å²) in [7, 11) is 1.90. The third kappa shape index (κ3) is 2.59. The van der Waals surface area contributed by atoms with Crippen LogP contribution in [0.25, 0.3) is 11.1 Å². The number of carbonyl (C=O) groups is 1. The van der Waals surface area contributed by atoms with E-state index in [1.165, 1.54) is 0 Å². The summed E-state index contributed by atoms with van der Waals surface area (Å²) >= 11 is 0. The van der Waals surface area contributed by atoms with Crippen molar-refractivity contribution in [3.05, 3.63) is 54.1 Å². The Kier molecular flexibility index (Phi) is 3.78. The van der Waals surface area contributed by atoms with Crippen LogP contribution in [-0.2, 0) is 0 Å². The third-order valence-corrected chi connectivity index (χ3v) is 3.01. The number of benzene rings is 2. The molecule has 1 N–H and O–H groups in total. The predicted octanol–water partition coefficient (Wildman–Crippen LogP) is 3.99. The summed E-state index contributed by atoms with van der Waals surface area (Å²) in [5.74, 6) is 0.186. The average Bonchev–Trinajstić information content (AvgIpc) is 2.46. The minimum atomic E-state index is 0.186. The van der Waals surface area contributed by atoms with Crippen LogP contribution in [-0.4, -0.2) is 12.8 Å². The van der Waals surface area contributed by atoms with E-state index in [9.17, 15) is 4.79 Å². The smallest absolute Gasteiger partial charge is 0.162 e. The Balaban J connectivity index is 2.31. The van der Waals surface area contributed by atoms with Crippen molar-refractivity contribution in [2.75, 3.05) is 12.4 Å². The highest BCUT2D eigenvalue weighted by molar-refractivity contribution is 5.96. The van der Waals surface area contributed by atoms with Crippen LogP contribution in [0.3, 0.4) is 0 Å². The quantitative estimate of drug-likeness (QED) is 0.817. The molecule has 0 aliphatic carbocycles. The molecule has 2 aromatic rings. The molecule has 2 nitrogen and oxygen atoms in total. The van der Waals surface area contributed by atoms with Crippen LogP contribution in [0.15, 0.2) is 48.5 Å². The van der Waals surface area contributed by atoms with Crippen molar-refractivity contribution in [3.63, 3.8) is 0 Å². The topological polar surface area (TPSA) is 29.1 Å². The van der Waals surface area contributed by atoms with E-state index in [2.05, 4.69) is 17.4 Å².